The Balaban J connectivity index is 1.39. The molecule has 1 fully saturated rings. The van der Waals surface area contributed by atoms with Crippen LogP contribution in [0.5, 0.6) is 5.75 Å². The molecule has 0 spiro atoms. The van der Waals surface area contributed by atoms with Crippen molar-refractivity contribution in [2.45, 2.75) is 13.5 Å². The Morgan fingerprint density at radius 3 is 2.53 bits per heavy atom. The lowest BCUT2D eigenvalue weighted by Gasteiger charge is -2.15. The Bertz CT molecular complexity index is 1190. The van der Waals surface area contributed by atoms with E-state index < -0.39 is 5.91 Å². The zero-order valence-corrected chi connectivity index (χ0v) is 18.9. The highest BCUT2D eigenvalue weighted by Gasteiger charge is 2.33. The molecule has 32 heavy (non-hydrogen) atoms. The molecule has 1 aliphatic rings. The van der Waals surface area contributed by atoms with Crippen molar-refractivity contribution in [2.75, 3.05) is 0 Å². The van der Waals surface area contributed by atoms with Gasteiger partial charge in [-0.15, -0.1) is 0 Å². The van der Waals surface area contributed by atoms with Gasteiger partial charge in [-0.05, 0) is 60.6 Å². The smallest absolute Gasteiger partial charge is 0.285 e. The molecule has 0 bridgehead atoms. The molecular weight excluding hydrogens is 440 g/mol. The van der Waals surface area contributed by atoms with Gasteiger partial charge in [-0.2, -0.15) is 5.01 Å². The van der Waals surface area contributed by atoms with Crippen LogP contribution in [0.4, 0.5) is 0 Å². The summed E-state index contributed by atoms with van der Waals surface area (Å²) in [5.41, 5.74) is 6.16. The van der Waals surface area contributed by atoms with E-state index >= 15 is 0 Å². The molecule has 1 heterocycles. The number of aryl methyl sites for hydroxylation is 1. The number of ether oxygens (including phenoxy) is 1. The van der Waals surface area contributed by atoms with Gasteiger partial charge in [0.05, 0.1) is 4.91 Å². The third kappa shape index (κ3) is 5.25. The predicted octanol–water partition coefficient (Wildman–Crippen LogP) is 5.12. The summed E-state index contributed by atoms with van der Waals surface area (Å²) >= 11 is 6.43. The van der Waals surface area contributed by atoms with Crippen LogP contribution >= 0.6 is 24.0 Å². The molecule has 1 N–H and O–H groups in total. The lowest BCUT2D eigenvalue weighted by Crippen LogP contribution is -2.44. The van der Waals surface area contributed by atoms with Gasteiger partial charge >= 0.3 is 0 Å². The maximum Gasteiger partial charge on any atom is 0.285 e. The Labute approximate surface area is 196 Å². The monoisotopic (exact) mass is 460 g/mol. The number of hydrogen-bond donors (Lipinski definition) is 1. The first-order chi connectivity index (χ1) is 15.5. The van der Waals surface area contributed by atoms with Crippen LogP contribution in [0.25, 0.3) is 6.08 Å². The third-order valence-corrected chi connectivity index (χ3v) is 6.01. The van der Waals surface area contributed by atoms with E-state index in [0.29, 0.717) is 17.1 Å². The zero-order valence-electron chi connectivity index (χ0n) is 17.3. The molecule has 4 rings (SSSR count). The molecule has 3 aromatic carbocycles. The molecule has 160 valence electrons. The Kier molecular flexibility index (Phi) is 6.68. The molecule has 7 heteroatoms. The fourth-order valence-electron chi connectivity index (χ4n) is 3.10. The summed E-state index contributed by atoms with van der Waals surface area (Å²) in [6.07, 6.45) is 1.75. The quantitative estimate of drug-likeness (QED) is 0.409. The van der Waals surface area contributed by atoms with E-state index in [0.717, 1.165) is 33.6 Å². The minimum absolute atomic E-state index is 0.281. The lowest BCUT2D eigenvalue weighted by atomic mass is 10.1. The average Bonchev–Trinajstić information content (AvgIpc) is 3.06. The van der Waals surface area contributed by atoms with E-state index in [9.17, 15) is 9.59 Å². The van der Waals surface area contributed by atoms with E-state index in [2.05, 4.69) is 11.5 Å². The molecule has 5 nitrogen and oxygen atoms in total. The van der Waals surface area contributed by atoms with Crippen LogP contribution in [-0.2, 0) is 11.4 Å². The number of amides is 2. The zero-order chi connectivity index (χ0) is 22.5. The Hall–Kier alpha value is -3.42. The molecule has 0 atom stereocenters. The highest BCUT2D eigenvalue weighted by Crippen LogP contribution is 2.31. The normalized spacial score (nSPS) is 14.7. The van der Waals surface area contributed by atoms with Crippen molar-refractivity contribution in [1.82, 2.24) is 10.4 Å². The number of thiocarbonyl (C=S) groups is 1. The molecule has 0 aromatic heterocycles. The summed E-state index contributed by atoms with van der Waals surface area (Å²) in [7, 11) is 0. The maximum atomic E-state index is 12.8. The van der Waals surface area contributed by atoms with Crippen LogP contribution in [-0.4, -0.2) is 21.1 Å². The fourth-order valence-corrected chi connectivity index (χ4v) is 4.28. The van der Waals surface area contributed by atoms with Crippen molar-refractivity contribution in [3.63, 3.8) is 0 Å². The molecule has 1 aliphatic heterocycles. The number of hydrogen-bond acceptors (Lipinski definition) is 5. The summed E-state index contributed by atoms with van der Waals surface area (Å²) in [6, 6.07) is 24.3. The second kappa shape index (κ2) is 9.80. The molecule has 0 saturated carbocycles. The van der Waals surface area contributed by atoms with Gasteiger partial charge in [0.15, 0.2) is 4.32 Å². The van der Waals surface area contributed by atoms with Crippen molar-refractivity contribution in [3.05, 3.63) is 106 Å². The van der Waals surface area contributed by atoms with E-state index in [1.807, 2.05) is 55.5 Å². The van der Waals surface area contributed by atoms with E-state index in [1.54, 1.807) is 30.3 Å². The summed E-state index contributed by atoms with van der Waals surface area (Å²) in [5.74, 6) is -0.00588. The first kappa shape index (κ1) is 21.8. The van der Waals surface area contributed by atoms with Crippen molar-refractivity contribution < 1.29 is 14.3 Å². The van der Waals surface area contributed by atoms with Gasteiger partial charge < -0.3 is 4.74 Å². The Morgan fingerprint density at radius 2 is 1.81 bits per heavy atom. The number of carbonyl (C=O) groups excluding carboxylic acids is 2. The van der Waals surface area contributed by atoms with Gasteiger partial charge in [0, 0.05) is 5.56 Å². The largest absolute Gasteiger partial charge is 0.489 e. The number of nitrogens with zero attached hydrogens (tertiary/aromatic N) is 1. The molecule has 0 aliphatic carbocycles. The van der Waals surface area contributed by atoms with Gasteiger partial charge in [0.25, 0.3) is 11.8 Å². The number of carbonyl (C=O) groups is 2. The third-order valence-electron chi connectivity index (χ3n) is 4.71. The molecule has 0 radical (unpaired) electrons. The average molecular weight is 461 g/mol. The van der Waals surface area contributed by atoms with Crippen LogP contribution in [0.3, 0.4) is 0 Å². The topological polar surface area (TPSA) is 58.6 Å². The van der Waals surface area contributed by atoms with Crippen molar-refractivity contribution >= 4 is 46.2 Å². The minimum atomic E-state index is -0.390. The van der Waals surface area contributed by atoms with Gasteiger partial charge in [0.1, 0.15) is 12.4 Å². The van der Waals surface area contributed by atoms with Crippen LogP contribution in [0.15, 0.2) is 83.8 Å². The summed E-state index contributed by atoms with van der Waals surface area (Å²) < 4.78 is 6.12. The highest BCUT2D eigenvalue weighted by molar-refractivity contribution is 8.26. The van der Waals surface area contributed by atoms with Crippen molar-refractivity contribution in [3.8, 4) is 5.75 Å². The predicted molar refractivity (Wildman–Crippen MR) is 131 cm³/mol. The van der Waals surface area contributed by atoms with Gasteiger partial charge in [-0.1, -0.05) is 71.9 Å². The maximum absolute atomic E-state index is 12.8. The standard InChI is InChI=1S/C25H20N2O3S2/c1-17-6-5-7-19(14-17)16-30-21-12-10-18(11-13-21)15-22-24(29)27(25(31)32-22)26-23(28)20-8-3-2-4-9-20/h2-15H,16H2,1H3,(H,26,28)/b22-15+. The van der Waals surface area contributed by atoms with Gasteiger partial charge in [0.2, 0.25) is 0 Å². The highest BCUT2D eigenvalue weighted by atomic mass is 32.2. The van der Waals surface area contributed by atoms with E-state index in [1.165, 1.54) is 5.56 Å². The van der Waals surface area contributed by atoms with Crippen LogP contribution < -0.4 is 10.2 Å². The summed E-state index contributed by atoms with van der Waals surface area (Å²) in [6.45, 7) is 2.54. The second-order valence-electron chi connectivity index (χ2n) is 7.17. The fraction of sp³-hybridized carbons (Fsp3) is 0.0800. The van der Waals surface area contributed by atoms with Crippen molar-refractivity contribution in [2.24, 2.45) is 0 Å². The number of benzene rings is 3. The number of nitrogens with one attached hydrogen (secondary N) is 1. The van der Waals surface area contributed by atoms with Crippen molar-refractivity contribution in [1.29, 1.82) is 0 Å². The van der Waals surface area contributed by atoms with Crippen LogP contribution in [0.1, 0.15) is 27.0 Å². The summed E-state index contributed by atoms with van der Waals surface area (Å²) in [4.78, 5) is 25.6. The first-order valence-corrected chi connectivity index (χ1v) is 11.1. The van der Waals surface area contributed by atoms with Crippen LogP contribution in [0.2, 0.25) is 0 Å². The number of thioether (sulfide) groups is 1. The van der Waals surface area contributed by atoms with Gasteiger partial charge in [-0.25, -0.2) is 0 Å². The van der Waals surface area contributed by atoms with Crippen LogP contribution in [0, 0.1) is 6.92 Å². The minimum Gasteiger partial charge on any atom is -0.489 e. The Morgan fingerprint density at radius 1 is 1.06 bits per heavy atom. The molecular formula is C25H20N2O3S2. The molecule has 0 unspecified atom stereocenters. The van der Waals surface area contributed by atoms with Gasteiger partial charge in [-0.3, -0.25) is 15.0 Å². The first-order valence-electron chi connectivity index (χ1n) is 9.92. The molecule has 3 aromatic rings. The lowest BCUT2D eigenvalue weighted by molar-refractivity contribution is -0.123. The SMILES string of the molecule is Cc1cccc(COc2ccc(/C=C3/SC(=S)N(NC(=O)c4ccccc4)C3=O)cc2)c1. The molecule has 2 amide bonds. The molecule has 1 saturated heterocycles. The summed E-state index contributed by atoms with van der Waals surface area (Å²) in [5, 5.41) is 1.11. The van der Waals surface area contributed by atoms with E-state index in [4.69, 9.17) is 17.0 Å². The number of rotatable bonds is 6. The number of hydrazine groups is 1. The second-order valence-corrected chi connectivity index (χ2v) is 8.85. The van der Waals surface area contributed by atoms with E-state index in [-0.39, 0.29) is 10.2 Å².